The zero-order chi connectivity index (χ0) is 10.8. The zero-order valence-corrected chi connectivity index (χ0v) is 9.60. The van der Waals surface area contributed by atoms with Gasteiger partial charge in [0.15, 0.2) is 0 Å². The maximum atomic E-state index is 4.21. The van der Waals surface area contributed by atoms with Crippen molar-refractivity contribution in [3.8, 4) is 0 Å². The molecule has 2 fully saturated rings. The minimum atomic E-state index is 0.697. The van der Waals surface area contributed by atoms with Gasteiger partial charge in [-0.3, -0.25) is 4.98 Å². The van der Waals surface area contributed by atoms with Crippen LogP contribution in [0.4, 0.5) is 5.69 Å². The first kappa shape index (κ1) is 10.1. The van der Waals surface area contributed by atoms with Gasteiger partial charge in [0.2, 0.25) is 0 Å². The van der Waals surface area contributed by atoms with Crippen molar-refractivity contribution in [3.05, 3.63) is 24.5 Å². The SMILES string of the molecule is c1cncc(N2CCCNC(C3CC3)C2)c1. The number of pyridine rings is 1. The quantitative estimate of drug-likeness (QED) is 0.816. The van der Waals surface area contributed by atoms with Crippen LogP contribution in [-0.2, 0) is 0 Å². The van der Waals surface area contributed by atoms with Gasteiger partial charge in [0, 0.05) is 25.3 Å². The van der Waals surface area contributed by atoms with Gasteiger partial charge in [-0.1, -0.05) is 0 Å². The Morgan fingerprint density at radius 3 is 3.06 bits per heavy atom. The predicted octanol–water partition coefficient (Wildman–Crippen LogP) is 1.66. The highest BCUT2D eigenvalue weighted by atomic mass is 15.2. The third-order valence-corrected chi connectivity index (χ3v) is 3.63. The standard InChI is InChI=1S/C13H19N3/c1-3-12(9-14-6-1)16-8-2-7-15-13(10-16)11-4-5-11/h1,3,6,9,11,13,15H,2,4-5,7-8,10H2. The van der Waals surface area contributed by atoms with Gasteiger partial charge in [-0.15, -0.1) is 0 Å². The van der Waals surface area contributed by atoms with Crippen molar-refractivity contribution < 1.29 is 0 Å². The minimum Gasteiger partial charge on any atom is -0.369 e. The smallest absolute Gasteiger partial charge is 0.0553 e. The van der Waals surface area contributed by atoms with E-state index < -0.39 is 0 Å². The van der Waals surface area contributed by atoms with Crippen molar-refractivity contribution in [2.45, 2.75) is 25.3 Å². The van der Waals surface area contributed by atoms with Crippen LogP contribution >= 0.6 is 0 Å². The lowest BCUT2D eigenvalue weighted by Gasteiger charge is -2.26. The monoisotopic (exact) mass is 217 g/mol. The van der Waals surface area contributed by atoms with Gasteiger partial charge < -0.3 is 10.2 Å². The van der Waals surface area contributed by atoms with E-state index >= 15 is 0 Å². The second-order valence-electron chi connectivity index (χ2n) is 4.91. The van der Waals surface area contributed by atoms with Crippen LogP contribution in [0.15, 0.2) is 24.5 Å². The van der Waals surface area contributed by atoms with Crippen molar-refractivity contribution in [1.29, 1.82) is 0 Å². The molecule has 1 saturated heterocycles. The summed E-state index contributed by atoms with van der Waals surface area (Å²) in [4.78, 5) is 6.70. The van der Waals surface area contributed by atoms with Crippen molar-refractivity contribution in [2.24, 2.45) is 5.92 Å². The fraction of sp³-hybridized carbons (Fsp3) is 0.615. The highest BCUT2D eigenvalue weighted by molar-refractivity contribution is 5.44. The van der Waals surface area contributed by atoms with Gasteiger partial charge in [-0.25, -0.2) is 0 Å². The van der Waals surface area contributed by atoms with E-state index in [-0.39, 0.29) is 0 Å². The Bertz CT molecular complexity index is 334. The Morgan fingerprint density at radius 2 is 2.31 bits per heavy atom. The fourth-order valence-corrected chi connectivity index (χ4v) is 2.54. The largest absolute Gasteiger partial charge is 0.369 e. The Kier molecular flexibility index (Phi) is 2.79. The van der Waals surface area contributed by atoms with E-state index in [1.54, 1.807) is 0 Å². The summed E-state index contributed by atoms with van der Waals surface area (Å²) >= 11 is 0. The Hall–Kier alpha value is -1.09. The van der Waals surface area contributed by atoms with Gasteiger partial charge >= 0.3 is 0 Å². The van der Waals surface area contributed by atoms with Crippen molar-refractivity contribution in [2.75, 3.05) is 24.5 Å². The van der Waals surface area contributed by atoms with Crippen molar-refractivity contribution in [3.63, 3.8) is 0 Å². The molecule has 3 rings (SSSR count). The molecule has 1 atom stereocenters. The molecule has 2 heterocycles. The highest BCUT2D eigenvalue weighted by Gasteiger charge is 2.33. The van der Waals surface area contributed by atoms with Gasteiger partial charge in [0.05, 0.1) is 11.9 Å². The molecule has 1 aromatic rings. The number of anilines is 1. The van der Waals surface area contributed by atoms with E-state index in [1.807, 2.05) is 18.5 Å². The lowest BCUT2D eigenvalue weighted by Crippen LogP contribution is -2.39. The Balaban J connectivity index is 1.73. The topological polar surface area (TPSA) is 28.2 Å². The molecule has 0 radical (unpaired) electrons. The van der Waals surface area contributed by atoms with E-state index in [0.29, 0.717) is 6.04 Å². The van der Waals surface area contributed by atoms with Crippen LogP contribution in [0.3, 0.4) is 0 Å². The average molecular weight is 217 g/mol. The summed E-state index contributed by atoms with van der Waals surface area (Å²) in [6.07, 6.45) is 7.89. The van der Waals surface area contributed by atoms with E-state index in [9.17, 15) is 0 Å². The van der Waals surface area contributed by atoms with Crippen LogP contribution in [0.25, 0.3) is 0 Å². The summed E-state index contributed by atoms with van der Waals surface area (Å²) in [5.74, 6) is 0.928. The molecule has 1 N–H and O–H groups in total. The first-order valence-corrected chi connectivity index (χ1v) is 6.32. The molecule has 1 aliphatic heterocycles. The number of rotatable bonds is 2. The number of hydrogen-bond donors (Lipinski definition) is 1. The molecule has 1 aliphatic carbocycles. The molecule has 0 spiro atoms. The molecule has 16 heavy (non-hydrogen) atoms. The molecule has 86 valence electrons. The lowest BCUT2D eigenvalue weighted by atomic mass is 10.1. The number of nitrogens with one attached hydrogen (secondary N) is 1. The fourth-order valence-electron chi connectivity index (χ4n) is 2.54. The summed E-state index contributed by atoms with van der Waals surface area (Å²) in [7, 11) is 0. The second kappa shape index (κ2) is 4.42. The van der Waals surface area contributed by atoms with E-state index in [0.717, 1.165) is 25.6 Å². The molecule has 3 nitrogen and oxygen atoms in total. The first-order valence-electron chi connectivity index (χ1n) is 6.32. The van der Waals surface area contributed by atoms with Crippen LogP contribution in [-0.4, -0.2) is 30.7 Å². The molecule has 0 aromatic carbocycles. The molecular formula is C13H19N3. The van der Waals surface area contributed by atoms with Crippen molar-refractivity contribution >= 4 is 5.69 Å². The van der Waals surface area contributed by atoms with Crippen LogP contribution < -0.4 is 10.2 Å². The lowest BCUT2D eigenvalue weighted by molar-refractivity contribution is 0.490. The van der Waals surface area contributed by atoms with Crippen LogP contribution in [0.5, 0.6) is 0 Å². The summed E-state index contributed by atoms with van der Waals surface area (Å²) in [6, 6.07) is 4.89. The van der Waals surface area contributed by atoms with Crippen LogP contribution in [0, 0.1) is 5.92 Å². The third-order valence-electron chi connectivity index (χ3n) is 3.63. The average Bonchev–Trinajstić information content (AvgIpc) is 3.16. The Labute approximate surface area is 96.9 Å². The zero-order valence-electron chi connectivity index (χ0n) is 9.60. The van der Waals surface area contributed by atoms with Crippen LogP contribution in [0.1, 0.15) is 19.3 Å². The number of aromatic nitrogens is 1. The summed E-state index contributed by atoms with van der Waals surface area (Å²) < 4.78 is 0. The second-order valence-corrected chi connectivity index (χ2v) is 4.91. The maximum Gasteiger partial charge on any atom is 0.0553 e. The number of nitrogens with zero attached hydrogens (tertiary/aromatic N) is 2. The minimum absolute atomic E-state index is 0.697. The maximum absolute atomic E-state index is 4.21. The summed E-state index contributed by atoms with van der Waals surface area (Å²) in [5, 5.41) is 3.68. The highest BCUT2D eigenvalue weighted by Crippen LogP contribution is 2.34. The predicted molar refractivity (Wildman–Crippen MR) is 65.6 cm³/mol. The van der Waals surface area contributed by atoms with E-state index in [4.69, 9.17) is 0 Å². The van der Waals surface area contributed by atoms with Gasteiger partial charge in [-0.2, -0.15) is 0 Å². The molecule has 2 aliphatic rings. The Morgan fingerprint density at radius 1 is 1.38 bits per heavy atom. The van der Waals surface area contributed by atoms with Crippen molar-refractivity contribution in [1.82, 2.24) is 10.3 Å². The molecule has 3 heteroatoms. The summed E-state index contributed by atoms with van der Waals surface area (Å²) in [5.41, 5.74) is 1.27. The molecule has 0 bridgehead atoms. The third kappa shape index (κ3) is 2.19. The van der Waals surface area contributed by atoms with E-state index in [2.05, 4.69) is 21.3 Å². The van der Waals surface area contributed by atoms with E-state index in [1.165, 1.54) is 24.9 Å². The summed E-state index contributed by atoms with van der Waals surface area (Å²) in [6.45, 7) is 3.47. The normalized spacial score (nSPS) is 26.5. The molecular weight excluding hydrogens is 198 g/mol. The molecule has 1 saturated carbocycles. The van der Waals surface area contributed by atoms with Gasteiger partial charge in [0.1, 0.15) is 0 Å². The van der Waals surface area contributed by atoms with Gasteiger partial charge in [-0.05, 0) is 43.9 Å². The van der Waals surface area contributed by atoms with Crippen LogP contribution in [0.2, 0.25) is 0 Å². The first-order chi connectivity index (χ1) is 7.93. The number of hydrogen-bond acceptors (Lipinski definition) is 3. The molecule has 1 unspecified atom stereocenters. The van der Waals surface area contributed by atoms with Gasteiger partial charge in [0.25, 0.3) is 0 Å². The molecule has 0 amide bonds. The molecule has 1 aromatic heterocycles.